The van der Waals surface area contributed by atoms with Crippen molar-refractivity contribution >= 4 is 108 Å². The number of carbonyl (C=O) groups excluding carboxylic acids is 1. The molecule has 0 unspecified atom stereocenters. The van der Waals surface area contributed by atoms with Crippen LogP contribution in [0.3, 0.4) is 0 Å². The van der Waals surface area contributed by atoms with Gasteiger partial charge in [0.1, 0.15) is 47.5 Å². The third kappa shape index (κ3) is 16.1. The average molecular weight is 1090 g/mol. The normalized spacial score (nSPS) is 11.9. The Labute approximate surface area is 480 Å². The molecule has 342 valence electrons. The van der Waals surface area contributed by atoms with Gasteiger partial charge in [-0.15, -0.1) is 15.2 Å². The van der Waals surface area contributed by atoms with Crippen LogP contribution in [0.25, 0.3) is 16.7 Å². The molecule has 0 fully saturated rings. The Morgan fingerprint density at radius 3 is 1.75 bits per heavy atom. The fourth-order valence-electron chi connectivity index (χ4n) is 5.59. The molecule has 2 heterocycles. The number of carbonyl (C=O) groups is 1. The summed E-state index contributed by atoms with van der Waals surface area (Å²) in [6.07, 6.45) is 2.69. The van der Waals surface area contributed by atoms with Gasteiger partial charge in [0.05, 0.1) is 55.4 Å². The Balaban J connectivity index is 0.00000408. The number of primary amides is 1. The smallest absolute Gasteiger partial charge is 0.744 e. The van der Waals surface area contributed by atoms with Gasteiger partial charge in [-0.05, 0) is 88.2 Å². The van der Waals surface area contributed by atoms with E-state index in [-0.39, 0.29) is 158 Å². The molecule has 0 aliphatic rings. The van der Waals surface area contributed by atoms with E-state index in [1.807, 2.05) is 0 Å². The molecule has 6 aromatic rings. The first-order valence-electron chi connectivity index (χ1n) is 17.2. The monoisotopic (exact) mass is 1080 g/mol. The first-order chi connectivity index (χ1) is 30.1. The minimum atomic E-state index is -5.47. The number of sulfone groups is 1. The summed E-state index contributed by atoms with van der Waals surface area (Å²) in [5.41, 5.74) is 8.86. The number of phenols is 1. The molecule has 36 heteroatoms. The number of nitrogen functional groups attached to an aromatic ring is 1. The number of phenolic OH excluding ortho intramolecular Hbond substituents is 1. The Hall–Kier alpha value is -2.88. The molecule has 0 aliphatic carbocycles. The van der Waals surface area contributed by atoms with Crippen LogP contribution in [0.2, 0.25) is 0 Å². The largest absolute Gasteiger partial charge is 1.00 e. The van der Waals surface area contributed by atoms with E-state index in [1.165, 1.54) is 41.2 Å². The van der Waals surface area contributed by atoms with Crippen molar-refractivity contribution in [3.63, 3.8) is 0 Å². The first kappa shape index (κ1) is 62.2. The molecule has 6 rings (SSSR count). The number of nitrogens with two attached hydrogens (primary N) is 2. The van der Waals surface area contributed by atoms with Crippen molar-refractivity contribution in [3.8, 4) is 11.7 Å². The van der Waals surface area contributed by atoms with E-state index >= 15 is 0 Å². The second kappa shape index (κ2) is 24.2. The number of aromatic hydroxyl groups is 1. The standard InChI is InChI=1S/C33H28N10O17S5.4Na/c34-28-26(64(54,55)56)14-18-13-22(62(48,49)50)16-24(44)27(18)29(28)42-41-23-15-20(3-6-25(23)63(51,52)53)37-32-38-31(39-33(40-32)43-9-7-17(8-10-43)30(35)45)36-19-1-4-21(5-2-19)61(46,47)12-11-60-65(57,58)59;;;;/h1-10,13-16,34H,11-12,35H2,(H7,36,37,38,39,40,45,48,49,50,51,52,53,54,55,56,57,58,59);;;;/q;4*+1/p-3. The number of nitrogens with zero attached hydrogens (tertiary/aromatic N) is 6. The topological polar surface area (TPSA) is 453 Å². The summed E-state index contributed by atoms with van der Waals surface area (Å²) in [5, 5.41) is 22.6. The van der Waals surface area contributed by atoms with Gasteiger partial charge in [-0.3, -0.25) is 8.98 Å². The molecule has 0 spiro atoms. The molecule has 0 aliphatic heterocycles. The molecule has 27 nitrogen and oxygen atoms in total. The van der Waals surface area contributed by atoms with Crippen molar-refractivity contribution in [2.24, 2.45) is 16.0 Å². The molecule has 2 aromatic heterocycles. The SMILES string of the molecule is NC(=O)c1cc[n+](-c2nc(Nc3ccc(S(=O)(=O)CCOS(=O)(=O)[O-])cc3)nc(Nc3ccc(S(=O)(=O)[O-])c(N=Nc4c(N)c(S(=O)(=O)[O-])cc5cc(S(=O)(=O)[O-])cc(O)c45)c3)n2)cc1.[Na+].[Na+].[Na+].[Na+]. The molecule has 0 saturated carbocycles. The summed E-state index contributed by atoms with van der Waals surface area (Å²) in [6, 6.07) is 11.8. The van der Waals surface area contributed by atoms with E-state index in [1.54, 1.807) is 0 Å². The van der Waals surface area contributed by atoms with E-state index in [4.69, 9.17) is 11.5 Å². The quantitative estimate of drug-likeness (QED) is 0.0150. The average Bonchev–Trinajstić information content (AvgIpc) is 3.19. The molecule has 69 heavy (non-hydrogen) atoms. The third-order valence-electron chi connectivity index (χ3n) is 8.48. The summed E-state index contributed by atoms with van der Waals surface area (Å²) in [6.45, 7) is -0.935. The van der Waals surface area contributed by atoms with E-state index in [9.17, 15) is 70.2 Å². The van der Waals surface area contributed by atoms with Gasteiger partial charge in [-0.25, -0.2) is 46.7 Å². The molecule has 4 aromatic carbocycles. The molecule has 0 bridgehead atoms. The zero-order valence-corrected chi connectivity index (χ0v) is 47.9. The Kier molecular flexibility index (Phi) is 21.9. The van der Waals surface area contributed by atoms with Crippen molar-refractivity contribution in [3.05, 3.63) is 90.8 Å². The number of azo groups is 1. The van der Waals surface area contributed by atoms with Gasteiger partial charge < -0.3 is 45.4 Å². The van der Waals surface area contributed by atoms with Crippen LogP contribution in [0.15, 0.2) is 115 Å². The summed E-state index contributed by atoms with van der Waals surface area (Å²) < 4.78 is 171. The van der Waals surface area contributed by atoms with Crippen molar-refractivity contribution in [1.29, 1.82) is 0 Å². The van der Waals surface area contributed by atoms with Gasteiger partial charge >= 0.3 is 136 Å². The maximum atomic E-state index is 12.6. The predicted octanol–water partition coefficient (Wildman–Crippen LogP) is -11.4. The third-order valence-corrected chi connectivity index (χ3v) is 13.2. The molecule has 0 radical (unpaired) electrons. The zero-order chi connectivity index (χ0) is 47.9. The summed E-state index contributed by atoms with van der Waals surface area (Å²) in [7, 11) is -25.4. The number of benzene rings is 4. The van der Waals surface area contributed by atoms with Crippen molar-refractivity contribution in [2.45, 2.75) is 19.6 Å². The molecule has 0 atom stereocenters. The predicted molar refractivity (Wildman–Crippen MR) is 215 cm³/mol. The molecule has 7 N–H and O–H groups in total. The maximum Gasteiger partial charge on any atom is 1.00 e. The fraction of sp³-hybridized carbons (Fsp3) is 0.0606. The summed E-state index contributed by atoms with van der Waals surface area (Å²) >= 11 is 0. The second-order valence-electron chi connectivity index (χ2n) is 12.9. The van der Waals surface area contributed by atoms with Crippen molar-refractivity contribution in [2.75, 3.05) is 28.7 Å². The van der Waals surface area contributed by atoms with Crippen LogP contribution in [0.1, 0.15) is 10.4 Å². The maximum absolute atomic E-state index is 12.6. The molecular weight excluding hydrogens is 1060 g/mol. The summed E-state index contributed by atoms with van der Waals surface area (Å²) in [4.78, 5) is 21.0. The Morgan fingerprint density at radius 2 is 1.23 bits per heavy atom. The zero-order valence-electron chi connectivity index (χ0n) is 35.9. The summed E-state index contributed by atoms with van der Waals surface area (Å²) in [5.74, 6) is -3.35. The number of hydrogen-bond donors (Lipinski definition) is 5. The van der Waals surface area contributed by atoms with E-state index in [0.717, 1.165) is 30.3 Å². The van der Waals surface area contributed by atoms with Gasteiger partial charge in [0.25, 0.3) is 0 Å². The van der Waals surface area contributed by atoms with Gasteiger partial charge in [0, 0.05) is 16.9 Å². The number of pyridine rings is 1. The number of nitrogens with one attached hydrogen (secondary N) is 2. The van der Waals surface area contributed by atoms with E-state index < -0.39 is 117 Å². The molecular formula is C33H25N10Na4O17S5+. The van der Waals surface area contributed by atoms with Crippen LogP contribution in [0.5, 0.6) is 5.75 Å². The van der Waals surface area contributed by atoms with E-state index in [2.05, 4.69) is 40.0 Å². The number of rotatable bonds is 16. The first-order valence-corrected chi connectivity index (χ1v) is 24.4. The van der Waals surface area contributed by atoms with E-state index in [0.29, 0.717) is 18.2 Å². The second-order valence-corrected chi connectivity index (χ2v) is 20.1. The minimum absolute atomic E-state index is 0. The van der Waals surface area contributed by atoms with Gasteiger partial charge in [0.15, 0.2) is 9.84 Å². The fourth-order valence-corrected chi connectivity index (χ4v) is 8.83. The van der Waals surface area contributed by atoms with Gasteiger partial charge in [-0.1, -0.05) is 0 Å². The van der Waals surface area contributed by atoms with Crippen LogP contribution < -0.4 is 145 Å². The number of aromatic nitrogens is 4. The number of amides is 1. The number of fused-ring (bicyclic) bond motifs is 1. The van der Waals surface area contributed by atoms with Crippen molar-refractivity contribution in [1.82, 2.24) is 15.0 Å². The van der Waals surface area contributed by atoms with Crippen LogP contribution in [-0.4, -0.2) is 98.6 Å². The van der Waals surface area contributed by atoms with Crippen LogP contribution in [0, 0.1) is 0 Å². The van der Waals surface area contributed by atoms with Gasteiger partial charge in [0.2, 0.25) is 16.3 Å². The minimum Gasteiger partial charge on any atom is -0.744 e. The van der Waals surface area contributed by atoms with Gasteiger partial charge in [-0.2, -0.15) is 0 Å². The molecule has 1 amide bonds. The van der Waals surface area contributed by atoms with Crippen LogP contribution in [0.4, 0.5) is 40.3 Å². The van der Waals surface area contributed by atoms with Crippen LogP contribution >= 0.6 is 0 Å². The van der Waals surface area contributed by atoms with Crippen LogP contribution in [-0.2, 0) is 54.8 Å². The van der Waals surface area contributed by atoms with Crippen molar-refractivity contribution < 1.29 is 197 Å². The molecule has 0 saturated heterocycles. The number of hydrogen-bond acceptors (Lipinski definition) is 25. The number of anilines is 5. The Bertz CT molecular complexity index is 3550. The Morgan fingerprint density at radius 1 is 0.681 bits per heavy atom.